The second-order valence-corrected chi connectivity index (χ2v) is 4.84. The third-order valence-corrected chi connectivity index (χ3v) is 2.74. The van der Waals surface area contributed by atoms with E-state index in [1.807, 2.05) is 26.0 Å². The summed E-state index contributed by atoms with van der Waals surface area (Å²) >= 11 is 0. The SMILES string of the molecule is CC(C)Oc1ccc(C(=O)NCC2CC2)cc1. The van der Waals surface area contributed by atoms with Gasteiger partial charge in [-0.2, -0.15) is 0 Å². The van der Waals surface area contributed by atoms with Crippen molar-refractivity contribution in [2.24, 2.45) is 5.92 Å². The summed E-state index contributed by atoms with van der Waals surface area (Å²) in [5.41, 5.74) is 0.696. The van der Waals surface area contributed by atoms with Crippen LogP contribution in [0.1, 0.15) is 37.0 Å². The molecule has 17 heavy (non-hydrogen) atoms. The van der Waals surface area contributed by atoms with Crippen LogP contribution < -0.4 is 10.1 Å². The molecule has 1 amide bonds. The van der Waals surface area contributed by atoms with Crippen LogP contribution in [-0.2, 0) is 0 Å². The van der Waals surface area contributed by atoms with E-state index in [0.29, 0.717) is 11.5 Å². The van der Waals surface area contributed by atoms with Crippen LogP contribution >= 0.6 is 0 Å². The second-order valence-electron chi connectivity index (χ2n) is 4.84. The lowest BCUT2D eigenvalue weighted by molar-refractivity contribution is 0.0952. The lowest BCUT2D eigenvalue weighted by atomic mass is 10.2. The molecule has 3 nitrogen and oxygen atoms in total. The van der Waals surface area contributed by atoms with Gasteiger partial charge in [0.15, 0.2) is 0 Å². The van der Waals surface area contributed by atoms with Crippen LogP contribution in [0.5, 0.6) is 5.75 Å². The van der Waals surface area contributed by atoms with Crippen LogP contribution in [0.25, 0.3) is 0 Å². The Hall–Kier alpha value is -1.51. The van der Waals surface area contributed by atoms with Gasteiger partial charge in [0.25, 0.3) is 5.91 Å². The minimum atomic E-state index is 0.00740. The van der Waals surface area contributed by atoms with Crippen molar-refractivity contribution in [3.63, 3.8) is 0 Å². The molecule has 92 valence electrons. The molecule has 0 aromatic heterocycles. The maximum Gasteiger partial charge on any atom is 0.251 e. The fraction of sp³-hybridized carbons (Fsp3) is 0.500. The van der Waals surface area contributed by atoms with Crippen LogP contribution in [0.2, 0.25) is 0 Å². The molecule has 0 spiro atoms. The molecule has 0 saturated heterocycles. The fourth-order valence-electron chi connectivity index (χ4n) is 1.62. The van der Waals surface area contributed by atoms with Gasteiger partial charge in [-0.3, -0.25) is 4.79 Å². The molecule has 0 heterocycles. The van der Waals surface area contributed by atoms with Crippen molar-refractivity contribution in [2.75, 3.05) is 6.54 Å². The van der Waals surface area contributed by atoms with Gasteiger partial charge in [-0.1, -0.05) is 0 Å². The lowest BCUT2D eigenvalue weighted by Crippen LogP contribution is -2.25. The molecule has 1 saturated carbocycles. The van der Waals surface area contributed by atoms with Gasteiger partial charge in [0.05, 0.1) is 6.10 Å². The number of carbonyl (C=O) groups excluding carboxylic acids is 1. The molecule has 1 aliphatic rings. The molecule has 3 heteroatoms. The van der Waals surface area contributed by atoms with Crippen LogP contribution in [0.3, 0.4) is 0 Å². The molecule has 1 fully saturated rings. The van der Waals surface area contributed by atoms with E-state index >= 15 is 0 Å². The first-order valence-electron chi connectivity index (χ1n) is 6.20. The molecule has 0 bridgehead atoms. The average molecular weight is 233 g/mol. The van der Waals surface area contributed by atoms with Gasteiger partial charge in [0.2, 0.25) is 0 Å². The van der Waals surface area contributed by atoms with Gasteiger partial charge in [-0.25, -0.2) is 0 Å². The van der Waals surface area contributed by atoms with Crippen molar-refractivity contribution in [3.05, 3.63) is 29.8 Å². The molecular formula is C14H19NO2. The summed E-state index contributed by atoms with van der Waals surface area (Å²) in [5.74, 6) is 1.52. The Kier molecular flexibility index (Phi) is 3.67. The summed E-state index contributed by atoms with van der Waals surface area (Å²) in [6.07, 6.45) is 2.66. The fourth-order valence-corrected chi connectivity index (χ4v) is 1.62. The first-order chi connectivity index (χ1) is 8.15. The van der Waals surface area contributed by atoms with Gasteiger partial charge in [0, 0.05) is 12.1 Å². The second kappa shape index (κ2) is 5.21. The van der Waals surface area contributed by atoms with Gasteiger partial charge in [0.1, 0.15) is 5.75 Å². The number of hydrogen-bond donors (Lipinski definition) is 1. The third-order valence-electron chi connectivity index (χ3n) is 2.74. The van der Waals surface area contributed by atoms with E-state index in [0.717, 1.165) is 12.3 Å². The monoisotopic (exact) mass is 233 g/mol. The molecule has 0 radical (unpaired) electrons. The molecule has 0 unspecified atom stereocenters. The highest BCUT2D eigenvalue weighted by Gasteiger charge is 2.21. The third kappa shape index (κ3) is 3.77. The van der Waals surface area contributed by atoms with Crippen molar-refractivity contribution in [3.8, 4) is 5.75 Å². The van der Waals surface area contributed by atoms with Crippen molar-refractivity contribution < 1.29 is 9.53 Å². The van der Waals surface area contributed by atoms with E-state index in [-0.39, 0.29) is 12.0 Å². The Bertz CT molecular complexity index is 380. The molecule has 1 aromatic carbocycles. The molecule has 1 aromatic rings. The number of amides is 1. The van der Waals surface area contributed by atoms with E-state index in [1.165, 1.54) is 12.8 Å². The molecular weight excluding hydrogens is 214 g/mol. The summed E-state index contributed by atoms with van der Waals surface area (Å²) in [7, 11) is 0. The zero-order chi connectivity index (χ0) is 12.3. The number of hydrogen-bond acceptors (Lipinski definition) is 2. The molecule has 1 aliphatic carbocycles. The predicted octanol–water partition coefficient (Wildman–Crippen LogP) is 2.61. The van der Waals surface area contributed by atoms with Crippen molar-refractivity contribution >= 4 is 5.91 Å². The van der Waals surface area contributed by atoms with Gasteiger partial charge < -0.3 is 10.1 Å². The predicted molar refractivity (Wildman–Crippen MR) is 67.3 cm³/mol. The normalized spacial score (nSPS) is 14.8. The largest absolute Gasteiger partial charge is 0.491 e. The standard InChI is InChI=1S/C14H19NO2/c1-10(2)17-13-7-5-12(6-8-13)14(16)15-9-11-3-4-11/h5-8,10-11H,3-4,9H2,1-2H3,(H,15,16). The minimum Gasteiger partial charge on any atom is -0.491 e. The first kappa shape index (κ1) is 12.0. The van der Waals surface area contributed by atoms with E-state index in [4.69, 9.17) is 4.74 Å². The van der Waals surface area contributed by atoms with Gasteiger partial charge in [-0.05, 0) is 56.9 Å². The summed E-state index contributed by atoms with van der Waals surface area (Å²) in [6.45, 7) is 4.77. The molecule has 0 atom stereocenters. The topological polar surface area (TPSA) is 38.3 Å². The number of carbonyl (C=O) groups is 1. The van der Waals surface area contributed by atoms with E-state index in [2.05, 4.69) is 5.32 Å². The molecule has 1 N–H and O–H groups in total. The number of benzene rings is 1. The van der Waals surface area contributed by atoms with Crippen LogP contribution in [0, 0.1) is 5.92 Å². The van der Waals surface area contributed by atoms with Crippen LogP contribution in [-0.4, -0.2) is 18.6 Å². The van der Waals surface area contributed by atoms with Crippen LogP contribution in [0.4, 0.5) is 0 Å². The van der Waals surface area contributed by atoms with Crippen molar-refractivity contribution in [2.45, 2.75) is 32.8 Å². The maximum absolute atomic E-state index is 11.8. The zero-order valence-corrected chi connectivity index (χ0v) is 10.4. The molecule has 0 aliphatic heterocycles. The first-order valence-corrected chi connectivity index (χ1v) is 6.20. The Balaban J connectivity index is 1.89. The summed E-state index contributed by atoms with van der Waals surface area (Å²) in [5, 5.41) is 2.94. The quantitative estimate of drug-likeness (QED) is 0.849. The molecule has 2 rings (SSSR count). The Morgan fingerprint density at radius 2 is 2.00 bits per heavy atom. The van der Waals surface area contributed by atoms with Crippen molar-refractivity contribution in [1.29, 1.82) is 0 Å². The smallest absolute Gasteiger partial charge is 0.251 e. The number of nitrogens with one attached hydrogen (secondary N) is 1. The Morgan fingerprint density at radius 1 is 1.35 bits per heavy atom. The lowest BCUT2D eigenvalue weighted by Gasteiger charge is -2.10. The Morgan fingerprint density at radius 3 is 2.53 bits per heavy atom. The highest BCUT2D eigenvalue weighted by molar-refractivity contribution is 5.94. The van der Waals surface area contributed by atoms with Crippen molar-refractivity contribution in [1.82, 2.24) is 5.32 Å². The van der Waals surface area contributed by atoms with E-state index in [1.54, 1.807) is 12.1 Å². The number of rotatable bonds is 5. The summed E-state index contributed by atoms with van der Waals surface area (Å²) < 4.78 is 5.53. The summed E-state index contributed by atoms with van der Waals surface area (Å²) in [6, 6.07) is 7.29. The maximum atomic E-state index is 11.8. The van der Waals surface area contributed by atoms with Gasteiger partial charge >= 0.3 is 0 Å². The van der Waals surface area contributed by atoms with E-state index < -0.39 is 0 Å². The van der Waals surface area contributed by atoms with E-state index in [9.17, 15) is 4.79 Å². The highest BCUT2D eigenvalue weighted by Crippen LogP contribution is 2.27. The number of ether oxygens (including phenoxy) is 1. The Labute approximate surface area is 102 Å². The highest BCUT2D eigenvalue weighted by atomic mass is 16.5. The average Bonchev–Trinajstić information content (AvgIpc) is 3.10. The zero-order valence-electron chi connectivity index (χ0n) is 10.4. The summed E-state index contributed by atoms with van der Waals surface area (Å²) in [4.78, 5) is 11.8. The minimum absolute atomic E-state index is 0.00740. The van der Waals surface area contributed by atoms with Crippen LogP contribution in [0.15, 0.2) is 24.3 Å². The van der Waals surface area contributed by atoms with Gasteiger partial charge in [-0.15, -0.1) is 0 Å².